The smallest absolute Gasteiger partial charge is 0.393 e. The fourth-order valence-electron chi connectivity index (χ4n) is 2.89. The summed E-state index contributed by atoms with van der Waals surface area (Å²) in [4.78, 5) is 35.8. The van der Waals surface area contributed by atoms with Gasteiger partial charge < -0.3 is 10.4 Å². The number of ketones is 1. The molecule has 0 spiro atoms. The summed E-state index contributed by atoms with van der Waals surface area (Å²) in [5.41, 5.74) is 0.551. The molecule has 9 heteroatoms. The van der Waals surface area contributed by atoms with Crippen molar-refractivity contribution in [3.05, 3.63) is 29.8 Å². The molecular formula is C16H17F3N2O4. The van der Waals surface area contributed by atoms with E-state index in [0.717, 1.165) is 4.90 Å². The van der Waals surface area contributed by atoms with Crippen molar-refractivity contribution >= 4 is 23.3 Å². The third-order valence-corrected chi connectivity index (χ3v) is 4.08. The van der Waals surface area contributed by atoms with Crippen LogP contribution in [0.3, 0.4) is 0 Å². The van der Waals surface area contributed by atoms with Crippen LogP contribution in [0.1, 0.15) is 17.3 Å². The molecule has 25 heavy (non-hydrogen) atoms. The molecule has 0 saturated carbocycles. The van der Waals surface area contributed by atoms with E-state index in [-0.39, 0.29) is 30.1 Å². The predicted octanol–water partition coefficient (Wildman–Crippen LogP) is 2.02. The summed E-state index contributed by atoms with van der Waals surface area (Å²) in [6, 6.07) is 6.27. The molecule has 1 heterocycles. The summed E-state index contributed by atoms with van der Waals surface area (Å²) in [5, 5.41) is 11.5. The number of likely N-dealkylation sites (tertiary alicyclic amines) is 1. The maximum atomic E-state index is 12.9. The molecule has 0 aliphatic carbocycles. The van der Waals surface area contributed by atoms with Gasteiger partial charge in [0.1, 0.15) is 0 Å². The molecule has 1 amide bonds. The zero-order valence-corrected chi connectivity index (χ0v) is 13.3. The Balaban J connectivity index is 2.04. The van der Waals surface area contributed by atoms with Crippen LogP contribution >= 0.6 is 0 Å². The molecule has 2 rings (SSSR count). The SMILES string of the molecule is CC(=O)c1ccccc1NC(=O)CN1C[C@@H](C(F)(F)F)[C@H](C(=O)O)C1. The Kier molecular flexibility index (Phi) is 5.46. The van der Waals surface area contributed by atoms with Crippen molar-refractivity contribution in [2.45, 2.75) is 13.1 Å². The lowest BCUT2D eigenvalue weighted by atomic mass is 9.96. The minimum absolute atomic E-state index is 0.264. The van der Waals surface area contributed by atoms with E-state index < -0.39 is 36.4 Å². The van der Waals surface area contributed by atoms with Crippen molar-refractivity contribution in [3.63, 3.8) is 0 Å². The molecular weight excluding hydrogens is 341 g/mol. The summed E-state index contributed by atoms with van der Waals surface area (Å²) in [5.74, 6) is -6.02. The molecule has 0 radical (unpaired) electrons. The number of carboxylic acids is 1. The Labute approximate surface area is 141 Å². The summed E-state index contributed by atoms with van der Waals surface area (Å²) < 4.78 is 38.8. The van der Waals surface area contributed by atoms with Gasteiger partial charge in [0.2, 0.25) is 5.91 Å². The van der Waals surface area contributed by atoms with Gasteiger partial charge in [-0.2, -0.15) is 13.2 Å². The van der Waals surface area contributed by atoms with Gasteiger partial charge in [-0.05, 0) is 19.1 Å². The fourth-order valence-corrected chi connectivity index (χ4v) is 2.89. The van der Waals surface area contributed by atoms with Crippen molar-refractivity contribution in [1.29, 1.82) is 0 Å². The van der Waals surface area contributed by atoms with E-state index >= 15 is 0 Å². The van der Waals surface area contributed by atoms with E-state index in [4.69, 9.17) is 5.11 Å². The second kappa shape index (κ2) is 7.22. The van der Waals surface area contributed by atoms with Crippen LogP contribution in [0.5, 0.6) is 0 Å². The van der Waals surface area contributed by atoms with Crippen LogP contribution in [0.15, 0.2) is 24.3 Å². The van der Waals surface area contributed by atoms with Gasteiger partial charge in [-0.3, -0.25) is 19.3 Å². The third kappa shape index (κ3) is 4.56. The number of para-hydroxylation sites is 1. The number of anilines is 1. The number of Topliss-reactive ketones (excluding diaryl/α,β-unsaturated/α-hetero) is 1. The van der Waals surface area contributed by atoms with Crippen molar-refractivity contribution in [1.82, 2.24) is 4.90 Å². The van der Waals surface area contributed by atoms with Gasteiger partial charge in [-0.25, -0.2) is 0 Å². The first-order chi connectivity index (χ1) is 11.6. The Hall–Kier alpha value is -2.42. The minimum Gasteiger partial charge on any atom is -0.481 e. The molecule has 0 unspecified atom stereocenters. The van der Waals surface area contributed by atoms with Gasteiger partial charge in [0.05, 0.1) is 24.1 Å². The van der Waals surface area contributed by atoms with E-state index in [1.54, 1.807) is 12.1 Å². The third-order valence-electron chi connectivity index (χ3n) is 4.08. The van der Waals surface area contributed by atoms with Gasteiger partial charge in [0.15, 0.2) is 5.78 Å². The van der Waals surface area contributed by atoms with Crippen LogP contribution in [0, 0.1) is 11.8 Å². The van der Waals surface area contributed by atoms with Gasteiger partial charge in [0, 0.05) is 18.7 Å². The first-order valence-corrected chi connectivity index (χ1v) is 7.51. The highest BCUT2D eigenvalue weighted by atomic mass is 19.4. The quantitative estimate of drug-likeness (QED) is 0.787. The number of aliphatic carboxylic acids is 1. The number of carbonyl (C=O) groups excluding carboxylic acids is 2. The van der Waals surface area contributed by atoms with Gasteiger partial charge in [-0.15, -0.1) is 0 Å². The maximum Gasteiger partial charge on any atom is 0.393 e. The van der Waals surface area contributed by atoms with Gasteiger partial charge in [-0.1, -0.05) is 12.1 Å². The molecule has 6 nitrogen and oxygen atoms in total. The largest absolute Gasteiger partial charge is 0.481 e. The normalized spacial score (nSPS) is 21.1. The van der Waals surface area contributed by atoms with Gasteiger partial charge >= 0.3 is 12.1 Å². The molecule has 2 N–H and O–H groups in total. The number of hydrogen-bond acceptors (Lipinski definition) is 4. The average Bonchev–Trinajstić information content (AvgIpc) is 2.91. The number of rotatable bonds is 5. The highest BCUT2D eigenvalue weighted by Crippen LogP contribution is 2.37. The van der Waals surface area contributed by atoms with E-state index in [9.17, 15) is 27.6 Å². The topological polar surface area (TPSA) is 86.7 Å². The number of amides is 1. The molecule has 0 bridgehead atoms. The van der Waals surface area contributed by atoms with Crippen LogP contribution in [0.2, 0.25) is 0 Å². The molecule has 1 aliphatic heterocycles. The number of alkyl halides is 3. The molecule has 1 aromatic rings. The van der Waals surface area contributed by atoms with Crippen LogP contribution < -0.4 is 5.32 Å². The van der Waals surface area contributed by atoms with Crippen molar-refractivity contribution in [2.24, 2.45) is 11.8 Å². The lowest BCUT2D eigenvalue weighted by Crippen LogP contribution is -2.34. The summed E-state index contributed by atoms with van der Waals surface area (Å²) >= 11 is 0. The number of nitrogens with one attached hydrogen (secondary N) is 1. The van der Waals surface area contributed by atoms with E-state index in [0.29, 0.717) is 0 Å². The standard InChI is InChI=1S/C16H17F3N2O4/c1-9(22)10-4-2-3-5-13(10)20-14(23)8-21-6-11(15(24)25)12(7-21)16(17,18)19/h2-5,11-12H,6-8H2,1H3,(H,20,23)(H,24,25)/t11-,12-/m1/s1. The molecule has 1 fully saturated rings. The van der Waals surface area contributed by atoms with E-state index in [1.165, 1.54) is 19.1 Å². The Morgan fingerprint density at radius 2 is 1.88 bits per heavy atom. The molecule has 1 aliphatic rings. The number of halogens is 3. The van der Waals surface area contributed by atoms with Crippen LogP contribution in [-0.2, 0) is 9.59 Å². The zero-order valence-electron chi connectivity index (χ0n) is 13.3. The average molecular weight is 358 g/mol. The van der Waals surface area contributed by atoms with Crippen LogP contribution in [-0.4, -0.2) is 53.5 Å². The second-order valence-corrected chi connectivity index (χ2v) is 5.94. The Bertz CT molecular complexity index is 690. The second-order valence-electron chi connectivity index (χ2n) is 5.94. The summed E-state index contributed by atoms with van der Waals surface area (Å²) in [6.07, 6.45) is -4.64. The number of carboxylic acid groups (broad SMARTS) is 1. The highest BCUT2D eigenvalue weighted by Gasteiger charge is 2.52. The number of carbonyl (C=O) groups is 3. The highest BCUT2D eigenvalue weighted by molar-refractivity contribution is 6.04. The van der Waals surface area contributed by atoms with Crippen LogP contribution in [0.4, 0.5) is 18.9 Å². The molecule has 1 aromatic carbocycles. The van der Waals surface area contributed by atoms with Crippen molar-refractivity contribution in [3.8, 4) is 0 Å². The molecule has 1 saturated heterocycles. The number of benzene rings is 1. The van der Waals surface area contributed by atoms with Gasteiger partial charge in [0.25, 0.3) is 0 Å². The lowest BCUT2D eigenvalue weighted by molar-refractivity contribution is -0.188. The molecule has 136 valence electrons. The number of nitrogens with zero attached hydrogens (tertiary/aromatic N) is 1. The first-order valence-electron chi connectivity index (χ1n) is 7.51. The van der Waals surface area contributed by atoms with Crippen LogP contribution in [0.25, 0.3) is 0 Å². The maximum absolute atomic E-state index is 12.9. The van der Waals surface area contributed by atoms with Crippen molar-refractivity contribution < 1.29 is 32.7 Å². The molecule has 2 atom stereocenters. The summed E-state index contributed by atoms with van der Waals surface area (Å²) in [6.45, 7) is 0.0307. The molecule has 0 aromatic heterocycles. The first kappa shape index (κ1) is 18.9. The monoisotopic (exact) mass is 358 g/mol. The van der Waals surface area contributed by atoms with E-state index in [1.807, 2.05) is 0 Å². The fraction of sp³-hybridized carbons (Fsp3) is 0.438. The summed E-state index contributed by atoms with van der Waals surface area (Å²) in [7, 11) is 0. The van der Waals surface area contributed by atoms with Crippen molar-refractivity contribution in [2.75, 3.05) is 25.0 Å². The lowest BCUT2D eigenvalue weighted by Gasteiger charge is -2.18. The number of hydrogen-bond donors (Lipinski definition) is 2. The Morgan fingerprint density at radius 1 is 1.24 bits per heavy atom. The minimum atomic E-state index is -4.64. The zero-order chi connectivity index (χ0) is 18.8. The predicted molar refractivity (Wildman–Crippen MR) is 82.2 cm³/mol. The van der Waals surface area contributed by atoms with E-state index in [2.05, 4.69) is 5.32 Å². The Morgan fingerprint density at radius 3 is 2.40 bits per heavy atom.